The number of aliphatic imine (C=N–C) groups is 1. The summed E-state index contributed by atoms with van der Waals surface area (Å²) in [5, 5.41) is 10.8. The third-order valence-electron chi connectivity index (χ3n) is 1.62. The minimum Gasteiger partial charge on any atom is -0.280 e. The van der Waals surface area contributed by atoms with Crippen LogP contribution >= 0.6 is 11.6 Å². The van der Waals surface area contributed by atoms with Gasteiger partial charge in [-0.3, -0.25) is 10.3 Å². The summed E-state index contributed by atoms with van der Waals surface area (Å²) >= 11 is 5.57. The fourth-order valence-corrected chi connectivity index (χ4v) is 1.10. The zero-order valence-electron chi connectivity index (χ0n) is 7.57. The standard InChI is InChI=1S/C10H10ClN3/c11-6-10(14-8-12)13-7-9-4-2-1-3-5-9/h1-5H,6-7H2,(H,13,14). The Morgan fingerprint density at radius 2 is 2.14 bits per heavy atom. The van der Waals surface area contributed by atoms with Crippen LogP contribution in [0.2, 0.25) is 0 Å². The van der Waals surface area contributed by atoms with Crippen molar-refractivity contribution in [3.05, 3.63) is 35.9 Å². The monoisotopic (exact) mass is 207 g/mol. The lowest BCUT2D eigenvalue weighted by Crippen LogP contribution is -2.19. The van der Waals surface area contributed by atoms with Gasteiger partial charge in [-0.2, -0.15) is 5.26 Å². The van der Waals surface area contributed by atoms with Crippen molar-refractivity contribution < 1.29 is 0 Å². The number of benzene rings is 1. The van der Waals surface area contributed by atoms with Crippen molar-refractivity contribution in [2.24, 2.45) is 4.99 Å². The number of alkyl halides is 1. The first-order chi connectivity index (χ1) is 6.86. The van der Waals surface area contributed by atoms with Crippen LogP contribution in [0.25, 0.3) is 0 Å². The lowest BCUT2D eigenvalue weighted by atomic mass is 10.2. The molecule has 1 rings (SSSR count). The van der Waals surface area contributed by atoms with Gasteiger partial charge in [-0.15, -0.1) is 11.6 Å². The van der Waals surface area contributed by atoms with Crippen LogP contribution in [0, 0.1) is 11.5 Å². The molecule has 0 bridgehead atoms. The molecule has 0 aliphatic heterocycles. The third-order valence-corrected chi connectivity index (χ3v) is 1.88. The predicted molar refractivity (Wildman–Crippen MR) is 57.0 cm³/mol. The summed E-state index contributed by atoms with van der Waals surface area (Å²) < 4.78 is 0. The van der Waals surface area contributed by atoms with E-state index >= 15 is 0 Å². The van der Waals surface area contributed by atoms with Gasteiger partial charge in [0.1, 0.15) is 5.84 Å². The molecule has 0 saturated heterocycles. The molecule has 0 amide bonds. The van der Waals surface area contributed by atoms with Gasteiger partial charge >= 0.3 is 0 Å². The summed E-state index contributed by atoms with van der Waals surface area (Å²) in [5.41, 5.74) is 1.09. The average molecular weight is 208 g/mol. The van der Waals surface area contributed by atoms with Crippen LogP contribution in [-0.2, 0) is 6.54 Å². The zero-order chi connectivity index (χ0) is 10.2. The van der Waals surface area contributed by atoms with Crippen LogP contribution in [0.3, 0.4) is 0 Å². The van der Waals surface area contributed by atoms with Crippen molar-refractivity contribution in [3.8, 4) is 6.19 Å². The normalized spacial score (nSPS) is 10.7. The minimum absolute atomic E-state index is 0.223. The maximum absolute atomic E-state index is 8.36. The molecular weight excluding hydrogens is 198 g/mol. The number of rotatable bonds is 3. The highest BCUT2D eigenvalue weighted by Gasteiger charge is 1.94. The Morgan fingerprint density at radius 1 is 1.43 bits per heavy atom. The Morgan fingerprint density at radius 3 is 2.71 bits per heavy atom. The molecule has 0 spiro atoms. The smallest absolute Gasteiger partial charge is 0.182 e. The third kappa shape index (κ3) is 3.46. The lowest BCUT2D eigenvalue weighted by Gasteiger charge is -1.99. The van der Waals surface area contributed by atoms with E-state index in [0.29, 0.717) is 12.4 Å². The van der Waals surface area contributed by atoms with E-state index in [-0.39, 0.29) is 5.88 Å². The van der Waals surface area contributed by atoms with Crippen LogP contribution in [-0.4, -0.2) is 11.7 Å². The first-order valence-electron chi connectivity index (χ1n) is 4.15. The van der Waals surface area contributed by atoms with Crippen molar-refractivity contribution in [3.63, 3.8) is 0 Å². The Bertz CT molecular complexity index is 340. The molecular formula is C10H10ClN3. The molecule has 1 aromatic carbocycles. The molecule has 1 N–H and O–H groups in total. The van der Waals surface area contributed by atoms with Crippen LogP contribution in [0.15, 0.2) is 35.3 Å². The van der Waals surface area contributed by atoms with Gasteiger partial charge in [0.25, 0.3) is 0 Å². The summed E-state index contributed by atoms with van der Waals surface area (Å²) in [6.45, 7) is 0.539. The largest absolute Gasteiger partial charge is 0.280 e. The molecule has 14 heavy (non-hydrogen) atoms. The summed E-state index contributed by atoms with van der Waals surface area (Å²) in [5.74, 6) is 0.721. The molecule has 0 aromatic heterocycles. The highest BCUT2D eigenvalue weighted by molar-refractivity contribution is 6.28. The van der Waals surface area contributed by atoms with Crippen molar-refractivity contribution in [1.82, 2.24) is 5.32 Å². The first kappa shape index (κ1) is 10.6. The molecule has 0 atom stereocenters. The fraction of sp³-hybridized carbons (Fsp3) is 0.200. The van der Waals surface area contributed by atoms with Gasteiger partial charge < -0.3 is 0 Å². The van der Waals surface area contributed by atoms with Crippen LogP contribution in [0.4, 0.5) is 0 Å². The molecule has 0 unspecified atom stereocenters. The Kier molecular flexibility index (Phi) is 4.53. The number of halogens is 1. The van der Waals surface area contributed by atoms with Crippen molar-refractivity contribution in [2.45, 2.75) is 6.54 Å². The van der Waals surface area contributed by atoms with Crippen LogP contribution in [0.1, 0.15) is 5.56 Å². The summed E-state index contributed by atoms with van der Waals surface area (Å²) in [6.07, 6.45) is 1.79. The van der Waals surface area contributed by atoms with E-state index in [1.54, 1.807) is 6.19 Å². The molecule has 3 nitrogen and oxygen atoms in total. The highest BCUT2D eigenvalue weighted by Crippen LogP contribution is 2.00. The number of hydrogen-bond donors (Lipinski definition) is 1. The van der Waals surface area contributed by atoms with Gasteiger partial charge in [-0.25, -0.2) is 0 Å². The lowest BCUT2D eigenvalue weighted by molar-refractivity contribution is 1.04. The quantitative estimate of drug-likeness (QED) is 0.271. The Balaban J connectivity index is 2.58. The number of amidine groups is 1. The van der Waals surface area contributed by atoms with E-state index in [1.807, 2.05) is 30.3 Å². The van der Waals surface area contributed by atoms with Crippen LogP contribution < -0.4 is 5.32 Å². The van der Waals surface area contributed by atoms with E-state index < -0.39 is 0 Å². The maximum Gasteiger partial charge on any atom is 0.182 e. The summed E-state index contributed by atoms with van der Waals surface area (Å²) in [4.78, 5) is 4.15. The van der Waals surface area contributed by atoms with Crippen LogP contribution in [0.5, 0.6) is 0 Å². The molecule has 0 heterocycles. The topological polar surface area (TPSA) is 48.2 Å². The number of hydrogen-bond acceptors (Lipinski definition) is 2. The minimum atomic E-state index is 0.223. The second-order valence-corrected chi connectivity index (χ2v) is 2.89. The molecule has 1 aromatic rings. The maximum atomic E-state index is 8.36. The number of nitrogens with one attached hydrogen (secondary N) is 1. The Labute approximate surface area is 88.0 Å². The Hall–Kier alpha value is -1.53. The molecule has 0 fully saturated rings. The molecule has 72 valence electrons. The van der Waals surface area contributed by atoms with Gasteiger partial charge in [0, 0.05) is 0 Å². The van der Waals surface area contributed by atoms with E-state index in [2.05, 4.69) is 10.3 Å². The summed E-state index contributed by atoms with van der Waals surface area (Å²) in [6, 6.07) is 9.79. The van der Waals surface area contributed by atoms with Gasteiger partial charge in [-0.05, 0) is 5.56 Å². The molecule has 0 saturated carbocycles. The zero-order valence-corrected chi connectivity index (χ0v) is 8.33. The van der Waals surface area contributed by atoms with Crippen molar-refractivity contribution in [2.75, 3.05) is 5.88 Å². The van der Waals surface area contributed by atoms with Gasteiger partial charge in [-0.1, -0.05) is 30.3 Å². The van der Waals surface area contributed by atoms with Gasteiger partial charge in [0.05, 0.1) is 12.4 Å². The molecule has 4 heteroatoms. The van der Waals surface area contributed by atoms with Crippen molar-refractivity contribution >= 4 is 17.4 Å². The number of nitrogens with zero attached hydrogens (tertiary/aromatic N) is 2. The fourth-order valence-electron chi connectivity index (χ4n) is 0.950. The second-order valence-electron chi connectivity index (χ2n) is 2.62. The average Bonchev–Trinajstić information content (AvgIpc) is 2.25. The van der Waals surface area contributed by atoms with E-state index in [4.69, 9.17) is 16.9 Å². The van der Waals surface area contributed by atoms with Gasteiger partial charge in [0.2, 0.25) is 0 Å². The van der Waals surface area contributed by atoms with E-state index in [0.717, 1.165) is 5.56 Å². The predicted octanol–water partition coefficient (Wildman–Crippen LogP) is 1.89. The van der Waals surface area contributed by atoms with Crippen molar-refractivity contribution in [1.29, 1.82) is 5.26 Å². The second kappa shape index (κ2) is 6.01. The molecule has 0 radical (unpaired) electrons. The number of nitriles is 1. The SMILES string of the molecule is N#CNC(CCl)=NCc1ccccc1. The molecule has 0 aliphatic rings. The molecule has 0 aliphatic carbocycles. The first-order valence-corrected chi connectivity index (χ1v) is 4.68. The van der Waals surface area contributed by atoms with Gasteiger partial charge in [0.15, 0.2) is 6.19 Å². The van der Waals surface area contributed by atoms with E-state index in [9.17, 15) is 0 Å². The van der Waals surface area contributed by atoms with E-state index in [1.165, 1.54) is 0 Å². The summed E-state index contributed by atoms with van der Waals surface area (Å²) in [7, 11) is 0. The highest BCUT2D eigenvalue weighted by atomic mass is 35.5.